The van der Waals surface area contributed by atoms with E-state index in [9.17, 15) is 9.59 Å². The summed E-state index contributed by atoms with van der Waals surface area (Å²) in [4.78, 5) is 28.3. The third-order valence-corrected chi connectivity index (χ3v) is 6.15. The van der Waals surface area contributed by atoms with E-state index < -0.39 is 0 Å². The second-order valence-electron chi connectivity index (χ2n) is 9.08. The molecule has 2 amide bonds. The molecule has 0 N–H and O–H groups in total. The number of hydrogen-bond acceptors (Lipinski definition) is 6. The number of hydrogen-bond donors (Lipinski definition) is 0. The Morgan fingerprint density at radius 1 is 1.23 bits per heavy atom. The summed E-state index contributed by atoms with van der Waals surface area (Å²) in [5.41, 5.74) is 1.66. The minimum Gasteiger partial charge on any atom is -0.454 e. The van der Waals surface area contributed by atoms with E-state index >= 15 is 0 Å². The number of ether oxygens (including phenoxy) is 2. The quantitative estimate of drug-likeness (QED) is 0.702. The number of nitrogens with zero attached hydrogens (tertiary/aromatic N) is 3. The van der Waals surface area contributed by atoms with Crippen molar-refractivity contribution >= 4 is 28.9 Å². The van der Waals surface area contributed by atoms with Crippen LogP contribution < -0.4 is 9.47 Å². The van der Waals surface area contributed by atoms with Crippen molar-refractivity contribution in [3.8, 4) is 11.5 Å². The smallest absolute Gasteiger partial charge is 0.262 e. The van der Waals surface area contributed by atoms with E-state index in [1.54, 1.807) is 18.4 Å². The Morgan fingerprint density at radius 2 is 2.00 bits per heavy atom. The third kappa shape index (κ3) is 4.74. The van der Waals surface area contributed by atoms with Crippen LogP contribution in [0.2, 0.25) is 0 Å². The molecule has 0 spiro atoms. The summed E-state index contributed by atoms with van der Waals surface area (Å²) in [5.74, 6) is 1.11. The van der Waals surface area contributed by atoms with Gasteiger partial charge in [0.25, 0.3) is 5.91 Å². The molecule has 0 saturated carbocycles. The van der Waals surface area contributed by atoms with Gasteiger partial charge in [-0.2, -0.15) is 5.10 Å². The summed E-state index contributed by atoms with van der Waals surface area (Å²) >= 11 is 1.60. The lowest BCUT2D eigenvalue weighted by molar-refractivity contribution is -0.141. The van der Waals surface area contributed by atoms with Crippen LogP contribution in [0.3, 0.4) is 0 Å². The number of benzene rings is 1. The molecular formula is C23H27N3O4S. The third-order valence-electron chi connectivity index (χ3n) is 5.23. The molecule has 7 nitrogen and oxygen atoms in total. The van der Waals surface area contributed by atoms with Crippen molar-refractivity contribution < 1.29 is 19.1 Å². The zero-order chi connectivity index (χ0) is 22.2. The van der Waals surface area contributed by atoms with E-state index in [4.69, 9.17) is 9.47 Å². The fraction of sp³-hybridized carbons (Fsp3) is 0.435. The number of fused-ring (bicyclic) bond motifs is 1. The van der Waals surface area contributed by atoms with Crippen molar-refractivity contribution in [2.45, 2.75) is 39.7 Å². The monoisotopic (exact) mass is 441 g/mol. The summed E-state index contributed by atoms with van der Waals surface area (Å²) < 4.78 is 10.9. The van der Waals surface area contributed by atoms with Gasteiger partial charge in [0.05, 0.1) is 16.6 Å². The first-order valence-corrected chi connectivity index (χ1v) is 11.2. The van der Waals surface area contributed by atoms with Gasteiger partial charge >= 0.3 is 0 Å². The van der Waals surface area contributed by atoms with Crippen molar-refractivity contribution in [1.29, 1.82) is 0 Å². The molecule has 0 aliphatic carbocycles. The highest BCUT2D eigenvalue weighted by molar-refractivity contribution is 7.12. The Morgan fingerprint density at radius 3 is 2.71 bits per heavy atom. The standard InChI is InChI=1S/C23H27N3O4S/c1-23(2,3)12-21(27)25(4)13-22(28)26-17(11-16(24-26)20-6-5-9-31-20)15-7-8-18-19(10-15)30-14-29-18/h5-10,17H,11-14H2,1-4H3/t17-/m0/s1. The minimum absolute atomic E-state index is 0.0167. The molecule has 0 unspecified atom stereocenters. The summed E-state index contributed by atoms with van der Waals surface area (Å²) in [7, 11) is 1.67. The van der Waals surface area contributed by atoms with Crippen LogP contribution in [-0.4, -0.2) is 47.8 Å². The Labute approximate surface area is 186 Å². The van der Waals surface area contributed by atoms with Gasteiger partial charge in [0.15, 0.2) is 11.5 Å². The highest BCUT2D eigenvalue weighted by Crippen LogP contribution is 2.39. The van der Waals surface area contributed by atoms with Crippen LogP contribution in [0.4, 0.5) is 0 Å². The van der Waals surface area contributed by atoms with Gasteiger partial charge in [0.1, 0.15) is 6.54 Å². The molecule has 164 valence electrons. The molecule has 3 heterocycles. The van der Waals surface area contributed by atoms with Crippen LogP contribution in [0.1, 0.15) is 50.1 Å². The first kappa shape index (κ1) is 21.4. The molecule has 2 aromatic rings. The van der Waals surface area contributed by atoms with E-state index in [0.29, 0.717) is 24.3 Å². The molecular weight excluding hydrogens is 414 g/mol. The van der Waals surface area contributed by atoms with Crippen LogP contribution in [0.5, 0.6) is 11.5 Å². The lowest BCUT2D eigenvalue weighted by Gasteiger charge is -2.26. The predicted molar refractivity (Wildman–Crippen MR) is 119 cm³/mol. The van der Waals surface area contributed by atoms with Crippen LogP contribution in [0.25, 0.3) is 0 Å². The second-order valence-corrected chi connectivity index (χ2v) is 10.0. The zero-order valence-electron chi connectivity index (χ0n) is 18.3. The van der Waals surface area contributed by atoms with Gasteiger partial charge in [-0.05, 0) is 34.6 Å². The average Bonchev–Trinajstić information content (AvgIpc) is 3.45. The lowest BCUT2D eigenvalue weighted by atomic mass is 9.92. The van der Waals surface area contributed by atoms with Crippen molar-refractivity contribution in [1.82, 2.24) is 9.91 Å². The largest absolute Gasteiger partial charge is 0.454 e. The number of likely N-dealkylation sites (N-methyl/N-ethyl adjacent to an activating group) is 1. The van der Waals surface area contributed by atoms with Crippen LogP contribution in [0, 0.1) is 5.41 Å². The molecule has 2 aliphatic heterocycles. The van der Waals surface area contributed by atoms with Crippen LogP contribution in [-0.2, 0) is 9.59 Å². The van der Waals surface area contributed by atoms with Crippen LogP contribution >= 0.6 is 11.3 Å². The highest BCUT2D eigenvalue weighted by atomic mass is 32.1. The van der Waals surface area contributed by atoms with E-state index in [0.717, 1.165) is 16.2 Å². The number of hydrazone groups is 1. The summed E-state index contributed by atoms with van der Waals surface area (Å²) in [6, 6.07) is 9.44. The minimum atomic E-state index is -0.259. The summed E-state index contributed by atoms with van der Waals surface area (Å²) in [5, 5.41) is 8.19. The molecule has 1 aromatic carbocycles. The van der Waals surface area contributed by atoms with E-state index in [2.05, 4.69) is 5.10 Å². The van der Waals surface area contributed by atoms with Gasteiger partial charge in [-0.25, -0.2) is 5.01 Å². The molecule has 0 radical (unpaired) electrons. The molecule has 4 rings (SSSR count). The summed E-state index contributed by atoms with van der Waals surface area (Å²) in [6.07, 6.45) is 0.984. The number of thiophene rings is 1. The van der Waals surface area contributed by atoms with E-state index in [1.165, 1.54) is 9.91 Å². The Bertz CT molecular complexity index is 1010. The van der Waals surface area contributed by atoms with E-state index in [-0.39, 0.29) is 36.6 Å². The molecule has 0 bridgehead atoms. The zero-order valence-corrected chi connectivity index (χ0v) is 19.1. The van der Waals surface area contributed by atoms with E-state index in [1.807, 2.05) is 56.5 Å². The molecule has 31 heavy (non-hydrogen) atoms. The molecule has 2 aliphatic rings. The topological polar surface area (TPSA) is 71.4 Å². The highest BCUT2D eigenvalue weighted by Gasteiger charge is 2.35. The first-order valence-electron chi connectivity index (χ1n) is 10.3. The van der Waals surface area contributed by atoms with Gasteiger partial charge in [-0.15, -0.1) is 11.3 Å². The van der Waals surface area contributed by atoms with Crippen molar-refractivity contribution in [2.75, 3.05) is 20.4 Å². The maximum atomic E-state index is 13.2. The summed E-state index contributed by atoms with van der Waals surface area (Å²) in [6.45, 7) is 6.21. The fourth-order valence-corrected chi connectivity index (χ4v) is 4.39. The van der Waals surface area contributed by atoms with Gasteiger partial charge in [-0.3, -0.25) is 9.59 Å². The van der Waals surface area contributed by atoms with Gasteiger partial charge in [0.2, 0.25) is 12.7 Å². The normalized spacial score (nSPS) is 17.6. The second kappa shape index (κ2) is 8.34. The first-order chi connectivity index (χ1) is 14.7. The Hall–Kier alpha value is -2.87. The lowest BCUT2D eigenvalue weighted by Crippen LogP contribution is -2.40. The fourth-order valence-electron chi connectivity index (χ4n) is 3.66. The molecule has 8 heteroatoms. The van der Waals surface area contributed by atoms with Crippen molar-refractivity contribution in [2.24, 2.45) is 10.5 Å². The molecule has 0 saturated heterocycles. The number of carbonyl (C=O) groups is 2. The SMILES string of the molecule is CN(CC(=O)N1N=C(c2cccs2)C[C@H]1c1ccc2c(c1)OCO2)C(=O)CC(C)(C)C. The molecule has 0 fully saturated rings. The maximum Gasteiger partial charge on any atom is 0.262 e. The number of rotatable bonds is 5. The Balaban J connectivity index is 1.56. The van der Waals surface area contributed by atoms with Crippen molar-refractivity contribution in [3.63, 3.8) is 0 Å². The predicted octanol–water partition coefficient (Wildman–Crippen LogP) is 4.05. The average molecular weight is 442 g/mol. The van der Waals surface area contributed by atoms with Crippen molar-refractivity contribution in [3.05, 3.63) is 46.2 Å². The number of amides is 2. The molecule has 1 aromatic heterocycles. The van der Waals surface area contributed by atoms with Gasteiger partial charge in [-0.1, -0.05) is 32.9 Å². The maximum absolute atomic E-state index is 13.2. The Kier molecular flexibility index (Phi) is 5.75. The molecule has 1 atom stereocenters. The number of carbonyl (C=O) groups excluding carboxylic acids is 2. The van der Waals surface area contributed by atoms with Gasteiger partial charge < -0.3 is 14.4 Å². The van der Waals surface area contributed by atoms with Gasteiger partial charge in [0, 0.05) is 19.9 Å². The van der Waals surface area contributed by atoms with Crippen LogP contribution in [0.15, 0.2) is 40.8 Å².